The molecule has 0 atom stereocenters. The predicted molar refractivity (Wildman–Crippen MR) is 110 cm³/mol. The molecular formula is C23H15FN2O6. The minimum atomic E-state index is -1.07. The summed E-state index contributed by atoms with van der Waals surface area (Å²) >= 11 is 0. The molecule has 0 radical (unpaired) electrons. The van der Waals surface area contributed by atoms with Crippen molar-refractivity contribution >= 4 is 29.4 Å². The first kappa shape index (κ1) is 20.7. The van der Waals surface area contributed by atoms with Crippen LogP contribution in [0.5, 0.6) is 0 Å². The second kappa shape index (κ2) is 7.95. The minimum absolute atomic E-state index is 0.0152. The fraction of sp³-hybridized carbons (Fsp3) is 0.0435. The van der Waals surface area contributed by atoms with E-state index in [0.717, 1.165) is 6.07 Å². The number of hydrogen-bond donors (Lipinski definition) is 3. The highest BCUT2D eigenvalue weighted by molar-refractivity contribution is 6.33. The van der Waals surface area contributed by atoms with E-state index in [-0.39, 0.29) is 22.5 Å². The molecule has 1 fully saturated rings. The van der Waals surface area contributed by atoms with Crippen LogP contribution < -0.4 is 10.6 Å². The van der Waals surface area contributed by atoms with E-state index in [2.05, 4.69) is 0 Å². The Morgan fingerprint density at radius 3 is 2.28 bits per heavy atom. The Morgan fingerprint density at radius 1 is 0.969 bits per heavy atom. The molecule has 0 unspecified atom stereocenters. The van der Waals surface area contributed by atoms with Crippen molar-refractivity contribution in [3.8, 4) is 11.3 Å². The first-order valence-electron chi connectivity index (χ1n) is 9.36. The van der Waals surface area contributed by atoms with Gasteiger partial charge in [-0.15, -0.1) is 0 Å². The summed E-state index contributed by atoms with van der Waals surface area (Å²) in [4.78, 5) is 47.6. The van der Waals surface area contributed by atoms with Crippen molar-refractivity contribution in [1.82, 2.24) is 10.6 Å². The normalized spacial score (nSPS) is 13.6. The molecule has 3 N–H and O–H groups in total. The van der Waals surface area contributed by atoms with Crippen LogP contribution in [-0.4, -0.2) is 28.9 Å². The summed E-state index contributed by atoms with van der Waals surface area (Å²) in [6, 6.07) is 12.0. The van der Waals surface area contributed by atoms with Crippen LogP contribution >= 0.6 is 0 Å². The van der Waals surface area contributed by atoms with Crippen molar-refractivity contribution in [3.63, 3.8) is 0 Å². The molecule has 1 aliphatic heterocycles. The molecule has 1 aliphatic rings. The number of carboxylic acid groups (broad SMARTS) is 1. The van der Waals surface area contributed by atoms with Crippen molar-refractivity contribution in [2.75, 3.05) is 0 Å². The Kier molecular flexibility index (Phi) is 5.15. The lowest BCUT2D eigenvalue weighted by atomic mass is 9.95. The molecule has 2 heterocycles. The maximum Gasteiger partial charge on any atom is 0.335 e. The summed E-state index contributed by atoms with van der Waals surface area (Å²) < 4.78 is 20.5. The lowest BCUT2D eigenvalue weighted by Crippen LogP contribution is -2.51. The smallest absolute Gasteiger partial charge is 0.335 e. The summed E-state index contributed by atoms with van der Waals surface area (Å²) in [5.74, 6) is -3.42. The van der Waals surface area contributed by atoms with E-state index in [4.69, 9.17) is 9.52 Å². The number of hydrogen-bond acceptors (Lipinski definition) is 5. The van der Waals surface area contributed by atoms with Crippen LogP contribution in [0.4, 0.5) is 9.18 Å². The second-order valence-corrected chi connectivity index (χ2v) is 6.97. The third-order valence-electron chi connectivity index (χ3n) is 4.89. The van der Waals surface area contributed by atoms with Crippen LogP contribution in [-0.2, 0) is 9.59 Å². The number of barbiturate groups is 1. The molecule has 1 aromatic heterocycles. The van der Waals surface area contributed by atoms with Crippen LogP contribution in [0.15, 0.2) is 64.6 Å². The molecule has 3 aromatic rings. The van der Waals surface area contributed by atoms with Crippen molar-refractivity contribution < 1.29 is 33.1 Å². The van der Waals surface area contributed by atoms with Gasteiger partial charge in [0.1, 0.15) is 22.9 Å². The van der Waals surface area contributed by atoms with Crippen molar-refractivity contribution in [2.45, 2.75) is 6.92 Å². The van der Waals surface area contributed by atoms with Gasteiger partial charge in [-0.05, 0) is 42.8 Å². The molecule has 0 saturated carbocycles. The standard InChI is InChI=1S/C23H15FN2O6/c1-11-10-12(22(29)30)6-7-13(11)16-8-9-17(32-16)18(14-4-2-3-5-15(14)24)19-20(27)25-23(31)26-21(19)28/h2-10H,1H3,(H,29,30)(H2,25,26,27,28,31). The van der Waals surface area contributed by atoms with Crippen molar-refractivity contribution in [3.05, 3.63) is 88.4 Å². The number of aryl methyl sites for hydroxylation is 1. The number of amides is 4. The van der Waals surface area contributed by atoms with E-state index in [1.165, 1.54) is 36.4 Å². The van der Waals surface area contributed by atoms with Crippen LogP contribution in [0.3, 0.4) is 0 Å². The van der Waals surface area contributed by atoms with Crippen LogP contribution in [0, 0.1) is 12.7 Å². The maximum atomic E-state index is 14.7. The highest BCUT2D eigenvalue weighted by Gasteiger charge is 2.34. The van der Waals surface area contributed by atoms with Crippen molar-refractivity contribution in [1.29, 1.82) is 0 Å². The topological polar surface area (TPSA) is 126 Å². The molecule has 0 bridgehead atoms. The molecule has 0 spiro atoms. The Labute approximate surface area is 180 Å². The number of carboxylic acids is 1. The average molecular weight is 434 g/mol. The SMILES string of the molecule is Cc1cc(C(=O)O)ccc1-c1ccc(C(=C2C(=O)NC(=O)NC2=O)c2ccccc2F)o1. The molecule has 8 nitrogen and oxygen atoms in total. The van der Waals surface area contributed by atoms with Gasteiger partial charge in [0.05, 0.1) is 5.56 Å². The summed E-state index contributed by atoms with van der Waals surface area (Å²) in [6.07, 6.45) is 0. The molecule has 4 rings (SSSR count). The largest absolute Gasteiger partial charge is 0.478 e. The average Bonchev–Trinajstić information content (AvgIpc) is 3.20. The van der Waals surface area contributed by atoms with Gasteiger partial charge in [0.15, 0.2) is 0 Å². The van der Waals surface area contributed by atoms with Gasteiger partial charge in [0.25, 0.3) is 11.8 Å². The Balaban J connectivity index is 1.89. The lowest BCUT2D eigenvalue weighted by Gasteiger charge is -2.18. The van der Waals surface area contributed by atoms with Gasteiger partial charge in [0.2, 0.25) is 0 Å². The van der Waals surface area contributed by atoms with Gasteiger partial charge in [-0.2, -0.15) is 0 Å². The molecular weight excluding hydrogens is 419 g/mol. The maximum absolute atomic E-state index is 14.7. The van der Waals surface area contributed by atoms with E-state index in [9.17, 15) is 23.6 Å². The number of rotatable bonds is 4. The van der Waals surface area contributed by atoms with E-state index in [0.29, 0.717) is 16.9 Å². The van der Waals surface area contributed by atoms with E-state index < -0.39 is 35.2 Å². The molecule has 0 aliphatic carbocycles. The Hall–Kier alpha value is -4.53. The number of halogens is 1. The van der Waals surface area contributed by atoms with Gasteiger partial charge < -0.3 is 9.52 Å². The molecule has 160 valence electrons. The zero-order valence-electron chi connectivity index (χ0n) is 16.6. The zero-order chi connectivity index (χ0) is 23.0. The van der Waals surface area contributed by atoms with Gasteiger partial charge >= 0.3 is 12.0 Å². The number of aromatic carboxylic acids is 1. The van der Waals surface area contributed by atoms with E-state index in [1.54, 1.807) is 19.1 Å². The number of benzene rings is 2. The summed E-state index contributed by atoms with van der Waals surface area (Å²) in [5, 5.41) is 13.1. The number of furan rings is 1. The fourth-order valence-electron chi connectivity index (χ4n) is 3.44. The summed E-state index contributed by atoms with van der Waals surface area (Å²) in [5.41, 5.74) is 0.620. The second-order valence-electron chi connectivity index (χ2n) is 6.97. The van der Waals surface area contributed by atoms with Crippen LogP contribution in [0.25, 0.3) is 16.9 Å². The number of carbonyl (C=O) groups is 4. The molecule has 32 heavy (non-hydrogen) atoms. The van der Waals surface area contributed by atoms with Crippen LogP contribution in [0.1, 0.15) is 27.2 Å². The molecule has 4 amide bonds. The van der Waals surface area contributed by atoms with Crippen molar-refractivity contribution in [2.24, 2.45) is 0 Å². The van der Waals surface area contributed by atoms with E-state index in [1.807, 2.05) is 10.6 Å². The first-order valence-corrected chi connectivity index (χ1v) is 9.36. The number of nitrogens with one attached hydrogen (secondary N) is 2. The molecule has 1 saturated heterocycles. The predicted octanol–water partition coefficient (Wildman–Crippen LogP) is 3.26. The first-order chi connectivity index (χ1) is 15.3. The minimum Gasteiger partial charge on any atom is -0.478 e. The van der Waals surface area contributed by atoms with Gasteiger partial charge in [0, 0.05) is 16.7 Å². The number of carbonyl (C=O) groups excluding carboxylic acids is 3. The zero-order valence-corrected chi connectivity index (χ0v) is 16.6. The highest BCUT2D eigenvalue weighted by atomic mass is 19.1. The van der Waals surface area contributed by atoms with E-state index >= 15 is 0 Å². The lowest BCUT2D eigenvalue weighted by molar-refractivity contribution is -0.123. The van der Waals surface area contributed by atoms with Crippen LogP contribution in [0.2, 0.25) is 0 Å². The third-order valence-corrected chi connectivity index (χ3v) is 4.89. The molecule has 9 heteroatoms. The van der Waals surface area contributed by atoms with Gasteiger partial charge in [-0.1, -0.05) is 24.3 Å². The fourth-order valence-corrected chi connectivity index (χ4v) is 3.44. The summed E-state index contributed by atoms with van der Waals surface area (Å²) in [6.45, 7) is 1.70. The highest BCUT2D eigenvalue weighted by Crippen LogP contribution is 2.35. The van der Waals surface area contributed by atoms with Gasteiger partial charge in [-0.25, -0.2) is 14.0 Å². The summed E-state index contributed by atoms with van der Waals surface area (Å²) in [7, 11) is 0. The van der Waals surface area contributed by atoms with Gasteiger partial charge in [-0.3, -0.25) is 20.2 Å². The Bertz CT molecular complexity index is 1320. The quantitative estimate of drug-likeness (QED) is 0.428. The number of urea groups is 1. The monoisotopic (exact) mass is 434 g/mol. The Morgan fingerprint density at radius 2 is 1.66 bits per heavy atom. The third kappa shape index (κ3) is 3.67. The number of imide groups is 2. The molecule has 2 aromatic carbocycles.